The van der Waals surface area contributed by atoms with E-state index in [1.165, 1.54) is 0 Å². The average molecular weight is 234 g/mol. The Morgan fingerprint density at radius 3 is 2.60 bits per heavy atom. The normalized spacial score (nSPS) is 22.0. The SMILES string of the molecule is CO[SiH](CCCOC(C)CC1CO1)OC. The van der Waals surface area contributed by atoms with Gasteiger partial charge in [0.05, 0.1) is 18.8 Å². The first-order chi connectivity index (χ1) is 7.26. The zero-order valence-corrected chi connectivity index (χ0v) is 11.1. The highest BCUT2D eigenvalue weighted by Crippen LogP contribution is 2.17. The monoisotopic (exact) mass is 234 g/mol. The Labute approximate surface area is 93.7 Å². The molecule has 0 aromatic heterocycles. The van der Waals surface area contributed by atoms with Gasteiger partial charge in [0.15, 0.2) is 0 Å². The molecule has 0 aromatic carbocycles. The highest BCUT2D eigenvalue weighted by Gasteiger charge is 2.24. The van der Waals surface area contributed by atoms with Crippen molar-refractivity contribution in [3.63, 3.8) is 0 Å². The Hall–Kier alpha value is 0.0569. The molecule has 2 unspecified atom stereocenters. The lowest BCUT2D eigenvalue weighted by Crippen LogP contribution is -2.20. The second-order valence-electron chi connectivity index (χ2n) is 3.92. The first kappa shape index (κ1) is 13.1. The van der Waals surface area contributed by atoms with Crippen LogP contribution in [-0.2, 0) is 18.3 Å². The second kappa shape index (κ2) is 7.35. The molecule has 1 saturated heterocycles. The molecular formula is C10H22O4Si. The van der Waals surface area contributed by atoms with E-state index in [0.717, 1.165) is 32.1 Å². The first-order valence-corrected chi connectivity index (χ1v) is 7.31. The number of ether oxygens (including phenoxy) is 2. The van der Waals surface area contributed by atoms with E-state index in [9.17, 15) is 0 Å². The van der Waals surface area contributed by atoms with Crippen LogP contribution in [0.3, 0.4) is 0 Å². The fourth-order valence-corrected chi connectivity index (χ4v) is 2.67. The van der Waals surface area contributed by atoms with E-state index in [4.69, 9.17) is 18.3 Å². The molecule has 0 saturated carbocycles. The van der Waals surface area contributed by atoms with Gasteiger partial charge in [-0.15, -0.1) is 0 Å². The molecule has 0 bridgehead atoms. The molecular weight excluding hydrogens is 212 g/mol. The summed E-state index contributed by atoms with van der Waals surface area (Å²) in [6, 6.07) is 1.01. The molecule has 0 aromatic rings. The molecule has 1 heterocycles. The van der Waals surface area contributed by atoms with Crippen molar-refractivity contribution >= 4 is 9.28 Å². The van der Waals surface area contributed by atoms with Crippen molar-refractivity contribution in [2.45, 2.75) is 38.0 Å². The third kappa shape index (κ3) is 6.27. The Bertz CT molecular complexity index is 160. The molecule has 15 heavy (non-hydrogen) atoms. The summed E-state index contributed by atoms with van der Waals surface area (Å²) in [6.07, 6.45) is 2.81. The molecule has 1 rings (SSSR count). The standard InChI is InChI=1S/C10H22O4Si/c1-9(7-10-8-14-10)13-5-4-6-15(11-2)12-3/h9-10,15H,4-8H2,1-3H3. The van der Waals surface area contributed by atoms with Crippen molar-refractivity contribution in [1.82, 2.24) is 0 Å². The maximum atomic E-state index is 5.66. The Morgan fingerprint density at radius 1 is 1.40 bits per heavy atom. The molecule has 1 aliphatic rings. The first-order valence-electron chi connectivity index (χ1n) is 5.55. The Morgan fingerprint density at radius 2 is 2.07 bits per heavy atom. The van der Waals surface area contributed by atoms with Gasteiger partial charge in [0, 0.05) is 27.2 Å². The lowest BCUT2D eigenvalue weighted by molar-refractivity contribution is 0.0545. The van der Waals surface area contributed by atoms with Crippen LogP contribution in [0.1, 0.15) is 19.8 Å². The number of epoxide rings is 1. The summed E-state index contributed by atoms with van der Waals surface area (Å²) < 4.78 is 21.3. The minimum Gasteiger partial charge on any atom is -0.400 e. The molecule has 4 nitrogen and oxygen atoms in total. The summed E-state index contributed by atoms with van der Waals surface area (Å²) in [5, 5.41) is 0. The van der Waals surface area contributed by atoms with E-state index >= 15 is 0 Å². The van der Waals surface area contributed by atoms with Crippen LogP contribution in [0, 0.1) is 0 Å². The number of hydrogen-bond donors (Lipinski definition) is 0. The minimum atomic E-state index is -1.38. The van der Waals surface area contributed by atoms with Crippen LogP contribution < -0.4 is 0 Å². The molecule has 1 aliphatic heterocycles. The topological polar surface area (TPSA) is 40.2 Å². The van der Waals surface area contributed by atoms with E-state index in [-0.39, 0.29) is 0 Å². The molecule has 90 valence electrons. The van der Waals surface area contributed by atoms with Crippen molar-refractivity contribution in [1.29, 1.82) is 0 Å². The van der Waals surface area contributed by atoms with Gasteiger partial charge in [0.2, 0.25) is 0 Å². The number of hydrogen-bond acceptors (Lipinski definition) is 4. The van der Waals surface area contributed by atoms with Crippen molar-refractivity contribution in [3.05, 3.63) is 0 Å². The fraction of sp³-hybridized carbons (Fsp3) is 1.00. The zero-order chi connectivity index (χ0) is 11.1. The van der Waals surface area contributed by atoms with Crippen LogP contribution in [0.15, 0.2) is 0 Å². The fourth-order valence-electron chi connectivity index (χ4n) is 1.51. The molecule has 1 fully saturated rings. The van der Waals surface area contributed by atoms with Gasteiger partial charge in [-0.25, -0.2) is 0 Å². The van der Waals surface area contributed by atoms with E-state index < -0.39 is 9.28 Å². The summed E-state index contributed by atoms with van der Waals surface area (Å²) in [5.41, 5.74) is 0. The van der Waals surface area contributed by atoms with Gasteiger partial charge < -0.3 is 18.3 Å². The van der Waals surface area contributed by atoms with E-state index in [0.29, 0.717) is 12.2 Å². The van der Waals surface area contributed by atoms with Crippen molar-refractivity contribution in [3.8, 4) is 0 Å². The maximum Gasteiger partial charge on any atom is 0.320 e. The smallest absolute Gasteiger partial charge is 0.320 e. The van der Waals surface area contributed by atoms with E-state index in [1.54, 1.807) is 14.2 Å². The predicted molar refractivity (Wildman–Crippen MR) is 60.4 cm³/mol. The summed E-state index contributed by atoms with van der Waals surface area (Å²) in [6.45, 7) is 3.81. The molecule has 2 atom stereocenters. The third-order valence-corrected chi connectivity index (χ3v) is 4.44. The van der Waals surface area contributed by atoms with Crippen LogP contribution in [0.2, 0.25) is 6.04 Å². The summed E-state index contributed by atoms with van der Waals surface area (Å²) >= 11 is 0. The van der Waals surface area contributed by atoms with Crippen LogP contribution in [0.5, 0.6) is 0 Å². The molecule has 0 spiro atoms. The highest BCUT2D eigenvalue weighted by molar-refractivity contribution is 6.44. The van der Waals surface area contributed by atoms with Crippen molar-refractivity contribution in [2.24, 2.45) is 0 Å². The summed E-state index contributed by atoms with van der Waals surface area (Å²) in [4.78, 5) is 0. The molecule has 5 heteroatoms. The zero-order valence-electron chi connectivity index (χ0n) is 9.90. The lowest BCUT2D eigenvalue weighted by Gasteiger charge is -2.13. The van der Waals surface area contributed by atoms with Crippen LogP contribution in [0.4, 0.5) is 0 Å². The van der Waals surface area contributed by atoms with Gasteiger partial charge in [-0.1, -0.05) is 0 Å². The summed E-state index contributed by atoms with van der Waals surface area (Å²) in [7, 11) is 2.06. The van der Waals surface area contributed by atoms with Crippen LogP contribution in [-0.4, -0.2) is 48.9 Å². The van der Waals surface area contributed by atoms with Crippen molar-refractivity contribution in [2.75, 3.05) is 27.4 Å². The maximum absolute atomic E-state index is 5.66. The van der Waals surface area contributed by atoms with E-state index in [1.807, 2.05) is 0 Å². The van der Waals surface area contributed by atoms with Gasteiger partial charge in [0.25, 0.3) is 0 Å². The second-order valence-corrected chi connectivity index (χ2v) is 6.29. The quantitative estimate of drug-likeness (QED) is 0.340. The largest absolute Gasteiger partial charge is 0.400 e. The highest BCUT2D eigenvalue weighted by atomic mass is 28.3. The molecule has 0 aliphatic carbocycles. The van der Waals surface area contributed by atoms with Gasteiger partial charge in [-0.05, 0) is 19.4 Å². The van der Waals surface area contributed by atoms with Crippen molar-refractivity contribution < 1.29 is 18.3 Å². The Kier molecular flexibility index (Phi) is 6.43. The van der Waals surface area contributed by atoms with E-state index in [2.05, 4.69) is 6.92 Å². The van der Waals surface area contributed by atoms with Crippen LogP contribution in [0.25, 0.3) is 0 Å². The third-order valence-electron chi connectivity index (χ3n) is 2.51. The Balaban J connectivity index is 1.90. The minimum absolute atomic E-state index is 0.308. The number of rotatable bonds is 9. The molecule has 0 radical (unpaired) electrons. The lowest BCUT2D eigenvalue weighted by atomic mass is 10.2. The summed E-state index contributed by atoms with van der Waals surface area (Å²) in [5.74, 6) is 0. The van der Waals surface area contributed by atoms with Crippen LogP contribution >= 0.6 is 0 Å². The van der Waals surface area contributed by atoms with Gasteiger partial charge in [-0.2, -0.15) is 0 Å². The van der Waals surface area contributed by atoms with Gasteiger partial charge in [-0.3, -0.25) is 0 Å². The van der Waals surface area contributed by atoms with Gasteiger partial charge >= 0.3 is 9.28 Å². The average Bonchev–Trinajstić information content (AvgIpc) is 3.02. The predicted octanol–water partition coefficient (Wildman–Crippen LogP) is 1.08. The molecule has 0 N–H and O–H groups in total. The van der Waals surface area contributed by atoms with Gasteiger partial charge in [0.1, 0.15) is 0 Å². The molecule has 0 amide bonds.